The zero-order chi connectivity index (χ0) is 16.5. The first-order valence-electron chi connectivity index (χ1n) is 6.10. The van der Waals surface area contributed by atoms with E-state index in [-0.39, 0.29) is 21.3 Å². The molecule has 0 spiro atoms. The lowest BCUT2D eigenvalue weighted by Crippen LogP contribution is -2.26. The number of nitrogens with zero attached hydrogens (tertiary/aromatic N) is 1. The van der Waals surface area contributed by atoms with E-state index in [0.29, 0.717) is 0 Å². The lowest BCUT2D eigenvalue weighted by atomic mass is 10.1. The van der Waals surface area contributed by atoms with Gasteiger partial charge in [-0.05, 0) is 36.4 Å². The van der Waals surface area contributed by atoms with Gasteiger partial charge in [0.25, 0.3) is 5.91 Å². The fourth-order valence-corrected chi connectivity index (χ4v) is 2.41. The quantitative estimate of drug-likeness (QED) is 0.722. The minimum absolute atomic E-state index is 0.121. The first kappa shape index (κ1) is 16.6. The van der Waals surface area contributed by atoms with E-state index in [2.05, 4.69) is 0 Å². The van der Waals surface area contributed by atoms with Crippen LogP contribution in [0.4, 0.5) is 18.9 Å². The van der Waals surface area contributed by atoms with Crippen LogP contribution in [0.1, 0.15) is 15.9 Å². The summed E-state index contributed by atoms with van der Waals surface area (Å²) in [6, 6.07) is 8.78. The highest BCUT2D eigenvalue weighted by Crippen LogP contribution is 2.32. The molecule has 0 radical (unpaired) electrons. The molecular formula is C15H10Cl2F3NO. The van der Waals surface area contributed by atoms with Gasteiger partial charge in [-0.2, -0.15) is 13.2 Å². The number of amides is 1. The molecule has 2 rings (SSSR count). The van der Waals surface area contributed by atoms with Crippen LogP contribution in [0.2, 0.25) is 10.0 Å². The molecule has 0 saturated carbocycles. The number of alkyl halides is 3. The van der Waals surface area contributed by atoms with Crippen LogP contribution in [0.25, 0.3) is 0 Å². The van der Waals surface area contributed by atoms with Crippen LogP contribution in [0, 0.1) is 0 Å². The van der Waals surface area contributed by atoms with Crippen LogP contribution in [-0.4, -0.2) is 13.0 Å². The number of carbonyl (C=O) groups excluding carboxylic acids is 1. The summed E-state index contributed by atoms with van der Waals surface area (Å²) in [7, 11) is 1.38. The van der Waals surface area contributed by atoms with Gasteiger partial charge in [0.15, 0.2) is 0 Å². The Labute approximate surface area is 135 Å². The molecule has 0 atom stereocenters. The third-order valence-corrected chi connectivity index (χ3v) is 3.41. The van der Waals surface area contributed by atoms with Gasteiger partial charge in [0, 0.05) is 28.3 Å². The van der Waals surface area contributed by atoms with Crippen molar-refractivity contribution < 1.29 is 18.0 Å². The number of rotatable bonds is 2. The molecule has 0 aliphatic heterocycles. The van der Waals surface area contributed by atoms with Crippen molar-refractivity contribution >= 4 is 34.8 Å². The van der Waals surface area contributed by atoms with Crippen LogP contribution in [0.15, 0.2) is 42.5 Å². The number of halogens is 5. The maximum atomic E-state index is 12.7. The Hall–Kier alpha value is -1.72. The first-order valence-corrected chi connectivity index (χ1v) is 6.85. The average Bonchev–Trinajstić information content (AvgIpc) is 2.44. The molecule has 2 aromatic rings. The lowest BCUT2D eigenvalue weighted by molar-refractivity contribution is -0.137. The van der Waals surface area contributed by atoms with E-state index in [9.17, 15) is 18.0 Å². The van der Waals surface area contributed by atoms with Crippen molar-refractivity contribution in [1.82, 2.24) is 0 Å². The van der Waals surface area contributed by atoms with Gasteiger partial charge >= 0.3 is 6.18 Å². The standard InChI is InChI=1S/C15H10Cl2F3NO/c1-21(13-4-2-3-10(7-13)15(18,19)20)14(22)9-5-11(16)8-12(17)6-9/h2-8H,1H3. The highest BCUT2D eigenvalue weighted by Gasteiger charge is 2.31. The molecule has 2 nitrogen and oxygen atoms in total. The third kappa shape index (κ3) is 3.72. The lowest BCUT2D eigenvalue weighted by Gasteiger charge is -2.19. The summed E-state index contributed by atoms with van der Waals surface area (Å²) in [5.74, 6) is -0.510. The Morgan fingerprint density at radius 3 is 2.18 bits per heavy atom. The van der Waals surface area contributed by atoms with Crippen LogP contribution in [-0.2, 0) is 6.18 Å². The number of hydrogen-bond donors (Lipinski definition) is 0. The average molecular weight is 348 g/mol. The van der Waals surface area contributed by atoms with Gasteiger partial charge in [0.1, 0.15) is 0 Å². The zero-order valence-electron chi connectivity index (χ0n) is 11.3. The second-order valence-corrected chi connectivity index (χ2v) is 5.44. The van der Waals surface area contributed by atoms with Gasteiger partial charge in [0.2, 0.25) is 0 Å². The van der Waals surface area contributed by atoms with Crippen LogP contribution in [0.3, 0.4) is 0 Å². The Kier molecular flexibility index (Phi) is 4.68. The third-order valence-electron chi connectivity index (χ3n) is 2.97. The summed E-state index contributed by atoms with van der Waals surface area (Å²) in [6.07, 6.45) is -4.47. The van der Waals surface area contributed by atoms with Crippen molar-refractivity contribution in [2.75, 3.05) is 11.9 Å². The molecule has 0 N–H and O–H groups in total. The normalized spacial score (nSPS) is 11.4. The maximum absolute atomic E-state index is 12.7. The van der Waals surface area contributed by atoms with Gasteiger partial charge in [-0.15, -0.1) is 0 Å². The molecule has 22 heavy (non-hydrogen) atoms. The van der Waals surface area contributed by atoms with Crippen molar-refractivity contribution in [3.05, 3.63) is 63.6 Å². The van der Waals surface area contributed by atoms with Gasteiger partial charge < -0.3 is 4.90 Å². The van der Waals surface area contributed by atoms with Crippen molar-refractivity contribution in [2.24, 2.45) is 0 Å². The Bertz CT molecular complexity index is 696. The predicted molar refractivity (Wildman–Crippen MR) is 80.6 cm³/mol. The van der Waals surface area contributed by atoms with Gasteiger partial charge in [0.05, 0.1) is 5.56 Å². The van der Waals surface area contributed by atoms with Crippen molar-refractivity contribution in [3.63, 3.8) is 0 Å². The number of benzene rings is 2. The smallest absolute Gasteiger partial charge is 0.311 e. The highest BCUT2D eigenvalue weighted by molar-refractivity contribution is 6.35. The van der Waals surface area contributed by atoms with E-state index in [1.807, 2.05) is 0 Å². The predicted octanol–water partition coefficient (Wildman–Crippen LogP) is 5.29. The summed E-state index contributed by atoms with van der Waals surface area (Å²) in [4.78, 5) is 13.4. The summed E-state index contributed by atoms with van der Waals surface area (Å²) in [6.45, 7) is 0. The topological polar surface area (TPSA) is 20.3 Å². The van der Waals surface area contributed by atoms with Crippen LogP contribution < -0.4 is 4.90 Å². The fourth-order valence-electron chi connectivity index (χ4n) is 1.88. The van der Waals surface area contributed by atoms with E-state index in [4.69, 9.17) is 23.2 Å². The summed E-state index contributed by atoms with van der Waals surface area (Å²) < 4.78 is 38.2. The van der Waals surface area contributed by atoms with Crippen LogP contribution >= 0.6 is 23.2 Å². The molecule has 0 unspecified atom stereocenters. The molecule has 0 saturated heterocycles. The largest absolute Gasteiger partial charge is 0.416 e. The second-order valence-electron chi connectivity index (χ2n) is 4.57. The molecule has 1 amide bonds. The Morgan fingerprint density at radius 1 is 1.05 bits per heavy atom. The molecule has 0 aliphatic carbocycles. The van der Waals surface area contributed by atoms with Crippen molar-refractivity contribution in [2.45, 2.75) is 6.18 Å². The van der Waals surface area contributed by atoms with E-state index < -0.39 is 17.6 Å². The summed E-state index contributed by atoms with van der Waals surface area (Å²) >= 11 is 11.7. The van der Waals surface area contributed by atoms with E-state index >= 15 is 0 Å². The summed E-state index contributed by atoms with van der Waals surface area (Å²) in [5, 5.41) is 0.543. The molecule has 0 fully saturated rings. The minimum atomic E-state index is -4.47. The molecular weight excluding hydrogens is 338 g/mol. The Morgan fingerprint density at radius 2 is 1.64 bits per heavy atom. The van der Waals surface area contributed by atoms with E-state index in [1.54, 1.807) is 0 Å². The van der Waals surface area contributed by atoms with Gasteiger partial charge in [-0.25, -0.2) is 0 Å². The summed E-state index contributed by atoms with van der Waals surface area (Å²) in [5.41, 5.74) is -0.512. The fraction of sp³-hybridized carbons (Fsp3) is 0.133. The van der Waals surface area contributed by atoms with Gasteiger partial charge in [-0.1, -0.05) is 29.3 Å². The second kappa shape index (κ2) is 6.18. The molecule has 116 valence electrons. The molecule has 0 aromatic heterocycles. The molecule has 2 aromatic carbocycles. The monoisotopic (exact) mass is 347 g/mol. The molecule has 0 aliphatic rings. The number of carbonyl (C=O) groups is 1. The van der Waals surface area contributed by atoms with Crippen LogP contribution in [0.5, 0.6) is 0 Å². The zero-order valence-corrected chi connectivity index (χ0v) is 12.8. The van der Waals surface area contributed by atoms with Crippen molar-refractivity contribution in [1.29, 1.82) is 0 Å². The molecule has 7 heteroatoms. The molecule has 0 heterocycles. The maximum Gasteiger partial charge on any atom is 0.416 e. The molecule has 0 bridgehead atoms. The van der Waals surface area contributed by atoms with E-state index in [0.717, 1.165) is 17.0 Å². The van der Waals surface area contributed by atoms with Gasteiger partial charge in [-0.3, -0.25) is 4.79 Å². The van der Waals surface area contributed by atoms with Crippen molar-refractivity contribution in [3.8, 4) is 0 Å². The highest BCUT2D eigenvalue weighted by atomic mass is 35.5. The minimum Gasteiger partial charge on any atom is -0.311 e. The first-order chi connectivity index (χ1) is 10.2. The number of hydrogen-bond acceptors (Lipinski definition) is 1. The number of anilines is 1. The van der Waals surface area contributed by atoms with E-state index in [1.165, 1.54) is 37.4 Å². The SMILES string of the molecule is CN(C(=O)c1cc(Cl)cc(Cl)c1)c1cccc(C(F)(F)F)c1. The Balaban J connectivity index is 2.35.